The highest BCUT2D eigenvalue weighted by molar-refractivity contribution is 5.94. The smallest absolute Gasteiger partial charge is 0.308 e. The molecule has 0 spiro atoms. The molecule has 0 radical (unpaired) electrons. The fraction of sp³-hybridized carbons (Fsp3) is 0.450. The molecule has 1 unspecified atom stereocenters. The molecule has 0 bridgehead atoms. The van der Waals surface area contributed by atoms with E-state index in [4.69, 9.17) is 9.26 Å². The summed E-state index contributed by atoms with van der Waals surface area (Å²) >= 11 is 0. The van der Waals surface area contributed by atoms with Gasteiger partial charge in [-0.15, -0.1) is 0 Å². The van der Waals surface area contributed by atoms with Crippen LogP contribution < -0.4 is 10.1 Å². The Bertz CT molecular complexity index is 797. The summed E-state index contributed by atoms with van der Waals surface area (Å²) in [6.07, 6.45) is 3.93. The Hall–Kier alpha value is -2.83. The molecule has 2 aromatic rings. The zero-order valence-corrected chi connectivity index (χ0v) is 15.4. The van der Waals surface area contributed by atoms with Crippen molar-refractivity contribution >= 4 is 11.9 Å². The fourth-order valence-corrected chi connectivity index (χ4v) is 3.28. The molecule has 144 valence electrons. The first kappa shape index (κ1) is 18.9. The molecule has 1 amide bonds. The maximum atomic E-state index is 12.4. The average Bonchev–Trinajstić information content (AvgIpc) is 3.10. The Morgan fingerprint density at radius 3 is 2.70 bits per heavy atom. The van der Waals surface area contributed by atoms with Crippen molar-refractivity contribution in [3.05, 3.63) is 46.8 Å². The number of carboxylic acid groups (broad SMARTS) is 1. The quantitative estimate of drug-likeness (QED) is 0.739. The second-order valence-corrected chi connectivity index (χ2v) is 6.67. The average molecular weight is 372 g/mol. The number of aryl methyl sites for hydroxylation is 1. The number of nitrogens with one attached hydrogen (secondary N) is 1. The maximum Gasteiger partial charge on any atom is 0.308 e. The summed E-state index contributed by atoms with van der Waals surface area (Å²) in [5.74, 6) is -0.534. The molecule has 0 aliphatic heterocycles. The number of hydrogen-bond donors (Lipinski definition) is 2. The van der Waals surface area contributed by atoms with Crippen LogP contribution in [-0.4, -0.2) is 35.3 Å². The molecular formula is C20H24N2O5. The molecule has 1 aromatic carbocycles. The summed E-state index contributed by atoms with van der Waals surface area (Å²) < 4.78 is 10.6. The number of nitrogens with zero attached hydrogens (tertiary/aromatic N) is 1. The number of aromatic nitrogens is 1. The van der Waals surface area contributed by atoms with Gasteiger partial charge in [-0.1, -0.05) is 17.3 Å². The van der Waals surface area contributed by atoms with Gasteiger partial charge in [0.05, 0.1) is 12.5 Å². The summed E-state index contributed by atoms with van der Waals surface area (Å²) in [7, 11) is 0. The normalized spacial score (nSPS) is 14.3. The number of aliphatic carboxylic acids is 1. The summed E-state index contributed by atoms with van der Waals surface area (Å²) in [5, 5.41) is 16.1. The van der Waals surface area contributed by atoms with Crippen molar-refractivity contribution in [1.82, 2.24) is 10.5 Å². The van der Waals surface area contributed by atoms with Crippen LogP contribution in [0.3, 0.4) is 0 Å². The molecule has 0 fully saturated rings. The monoisotopic (exact) mass is 372 g/mol. The first-order valence-electron chi connectivity index (χ1n) is 9.28. The molecule has 7 heteroatoms. The molecule has 1 atom stereocenters. The lowest BCUT2D eigenvalue weighted by Crippen LogP contribution is -2.34. The lowest BCUT2D eigenvalue weighted by Gasteiger charge is -2.14. The van der Waals surface area contributed by atoms with Gasteiger partial charge in [-0.2, -0.15) is 0 Å². The van der Waals surface area contributed by atoms with Crippen LogP contribution in [0.5, 0.6) is 5.75 Å². The van der Waals surface area contributed by atoms with Crippen molar-refractivity contribution in [2.45, 2.75) is 39.0 Å². The molecule has 7 nitrogen and oxygen atoms in total. The maximum absolute atomic E-state index is 12.4. The third-order valence-corrected chi connectivity index (χ3v) is 4.74. The number of amides is 1. The molecule has 1 heterocycles. The Morgan fingerprint density at radius 1 is 1.26 bits per heavy atom. The van der Waals surface area contributed by atoms with Crippen molar-refractivity contribution in [2.24, 2.45) is 5.92 Å². The topological polar surface area (TPSA) is 102 Å². The van der Waals surface area contributed by atoms with E-state index in [1.165, 1.54) is 0 Å². The summed E-state index contributed by atoms with van der Waals surface area (Å²) in [6.45, 7) is 2.51. The molecular weight excluding hydrogens is 348 g/mol. The highest BCUT2D eigenvalue weighted by atomic mass is 16.5. The van der Waals surface area contributed by atoms with E-state index in [2.05, 4.69) is 10.5 Å². The number of rotatable bonds is 8. The standard InChI is InChI=1S/C20H24N2O5/c1-2-26-15-9-7-13(8-10-15)11-14(20(24)25)12-21-19(23)18-16-5-3-4-6-17(16)27-22-18/h7-10,14H,2-6,11-12H2,1H3,(H,21,23)(H,24,25). The van der Waals surface area contributed by atoms with Crippen molar-refractivity contribution in [3.8, 4) is 5.75 Å². The molecule has 27 heavy (non-hydrogen) atoms. The largest absolute Gasteiger partial charge is 0.494 e. The highest BCUT2D eigenvalue weighted by Gasteiger charge is 2.25. The van der Waals surface area contributed by atoms with E-state index in [0.29, 0.717) is 13.0 Å². The molecule has 1 aliphatic carbocycles. The van der Waals surface area contributed by atoms with Crippen LogP contribution in [0, 0.1) is 5.92 Å². The van der Waals surface area contributed by atoms with Gasteiger partial charge in [0.2, 0.25) is 0 Å². The Morgan fingerprint density at radius 2 is 2.00 bits per heavy atom. The van der Waals surface area contributed by atoms with Gasteiger partial charge in [0.25, 0.3) is 5.91 Å². The molecule has 1 aliphatic rings. The first-order chi connectivity index (χ1) is 13.1. The zero-order chi connectivity index (χ0) is 19.2. The number of carboxylic acids is 1. The minimum absolute atomic E-state index is 0.0308. The van der Waals surface area contributed by atoms with Gasteiger partial charge in [0, 0.05) is 18.5 Å². The molecule has 3 rings (SSSR count). The van der Waals surface area contributed by atoms with Gasteiger partial charge in [-0.3, -0.25) is 9.59 Å². The van der Waals surface area contributed by atoms with Gasteiger partial charge < -0.3 is 19.7 Å². The lowest BCUT2D eigenvalue weighted by molar-refractivity contribution is -0.141. The number of benzene rings is 1. The van der Waals surface area contributed by atoms with Crippen molar-refractivity contribution < 1.29 is 24.0 Å². The Balaban J connectivity index is 1.60. The van der Waals surface area contributed by atoms with Crippen molar-refractivity contribution in [1.29, 1.82) is 0 Å². The Kier molecular flexibility index (Phi) is 6.11. The number of ether oxygens (including phenoxy) is 1. The van der Waals surface area contributed by atoms with Crippen molar-refractivity contribution in [2.75, 3.05) is 13.2 Å². The van der Waals surface area contributed by atoms with E-state index < -0.39 is 11.9 Å². The zero-order valence-electron chi connectivity index (χ0n) is 15.4. The van der Waals surface area contributed by atoms with E-state index in [1.54, 1.807) is 0 Å². The minimum atomic E-state index is -0.952. The second-order valence-electron chi connectivity index (χ2n) is 6.67. The van der Waals surface area contributed by atoms with E-state index in [9.17, 15) is 14.7 Å². The van der Waals surface area contributed by atoms with Gasteiger partial charge >= 0.3 is 5.97 Å². The van der Waals surface area contributed by atoms with Crippen LogP contribution in [0.15, 0.2) is 28.8 Å². The minimum Gasteiger partial charge on any atom is -0.494 e. The van der Waals surface area contributed by atoms with Crippen LogP contribution in [-0.2, 0) is 24.1 Å². The van der Waals surface area contributed by atoms with E-state index in [0.717, 1.165) is 48.3 Å². The van der Waals surface area contributed by atoms with E-state index >= 15 is 0 Å². The van der Waals surface area contributed by atoms with Gasteiger partial charge in [0.15, 0.2) is 5.69 Å². The summed E-state index contributed by atoms with van der Waals surface area (Å²) in [5.41, 5.74) is 2.02. The Labute approximate surface area is 157 Å². The van der Waals surface area contributed by atoms with E-state index in [-0.39, 0.29) is 18.1 Å². The van der Waals surface area contributed by atoms with Gasteiger partial charge in [-0.05, 0) is 50.3 Å². The molecule has 1 aromatic heterocycles. The molecule has 0 saturated carbocycles. The predicted molar refractivity (Wildman–Crippen MR) is 97.9 cm³/mol. The first-order valence-corrected chi connectivity index (χ1v) is 9.28. The second kappa shape index (κ2) is 8.70. The number of carbonyl (C=O) groups excluding carboxylic acids is 1. The molecule has 2 N–H and O–H groups in total. The lowest BCUT2D eigenvalue weighted by atomic mass is 9.96. The van der Waals surface area contributed by atoms with Crippen LogP contribution in [0.25, 0.3) is 0 Å². The van der Waals surface area contributed by atoms with Crippen LogP contribution in [0.2, 0.25) is 0 Å². The summed E-state index contributed by atoms with van der Waals surface area (Å²) in [6, 6.07) is 7.32. The van der Waals surface area contributed by atoms with Crippen molar-refractivity contribution in [3.63, 3.8) is 0 Å². The summed E-state index contributed by atoms with van der Waals surface area (Å²) in [4.78, 5) is 24.0. The number of fused-ring (bicyclic) bond motifs is 1. The highest BCUT2D eigenvalue weighted by Crippen LogP contribution is 2.24. The number of carbonyl (C=O) groups is 2. The van der Waals surface area contributed by atoms with Gasteiger partial charge in [-0.25, -0.2) is 0 Å². The fourth-order valence-electron chi connectivity index (χ4n) is 3.28. The number of hydrogen-bond acceptors (Lipinski definition) is 5. The molecule has 0 saturated heterocycles. The van der Waals surface area contributed by atoms with Crippen LogP contribution in [0.1, 0.15) is 47.1 Å². The third-order valence-electron chi connectivity index (χ3n) is 4.74. The van der Waals surface area contributed by atoms with Crippen LogP contribution in [0.4, 0.5) is 0 Å². The predicted octanol–water partition coefficient (Wildman–Crippen LogP) is 2.63. The third kappa shape index (κ3) is 4.67. The van der Waals surface area contributed by atoms with Crippen LogP contribution >= 0.6 is 0 Å². The van der Waals surface area contributed by atoms with Gasteiger partial charge in [0.1, 0.15) is 11.5 Å². The SMILES string of the molecule is CCOc1ccc(CC(CNC(=O)c2noc3c2CCCC3)C(=O)O)cc1. The van der Waals surface area contributed by atoms with E-state index in [1.807, 2.05) is 31.2 Å².